The Kier molecular flexibility index (Phi) is 3.34. The molecule has 2 rings (SSSR count). The highest BCUT2D eigenvalue weighted by molar-refractivity contribution is 5.71. The molecule has 0 radical (unpaired) electrons. The first-order chi connectivity index (χ1) is 8.39. The molecule has 0 saturated carbocycles. The van der Waals surface area contributed by atoms with Crippen LogP contribution in [0, 0.1) is 6.92 Å². The van der Waals surface area contributed by atoms with Gasteiger partial charge >= 0.3 is 6.18 Å². The second kappa shape index (κ2) is 4.65. The Hall–Kier alpha value is -1.49. The van der Waals surface area contributed by atoms with Crippen LogP contribution in [0.1, 0.15) is 23.1 Å². The fourth-order valence-corrected chi connectivity index (χ4v) is 2.10. The zero-order chi connectivity index (χ0) is 13.3. The van der Waals surface area contributed by atoms with E-state index in [-0.39, 0.29) is 11.3 Å². The van der Waals surface area contributed by atoms with Crippen LogP contribution in [0.5, 0.6) is 0 Å². The summed E-state index contributed by atoms with van der Waals surface area (Å²) in [5, 5.41) is 3.13. The molecule has 3 N–H and O–H groups in total. The molecule has 1 aliphatic heterocycles. The standard InChI is InChI=1S/C13H15F3N2/c1-8-11(13(14,15)16)6-10(7-12(8)17)9-2-4-18-5-3-9/h2,6-7,18H,3-5,17H2,1H3. The van der Waals surface area contributed by atoms with Gasteiger partial charge in [0, 0.05) is 12.2 Å². The minimum Gasteiger partial charge on any atom is -0.398 e. The smallest absolute Gasteiger partial charge is 0.398 e. The van der Waals surface area contributed by atoms with Crippen molar-refractivity contribution in [2.45, 2.75) is 19.5 Å². The van der Waals surface area contributed by atoms with E-state index in [0.717, 1.165) is 18.5 Å². The first-order valence-electron chi connectivity index (χ1n) is 5.77. The summed E-state index contributed by atoms with van der Waals surface area (Å²) in [4.78, 5) is 0. The lowest BCUT2D eigenvalue weighted by molar-refractivity contribution is -0.138. The van der Waals surface area contributed by atoms with Gasteiger partial charge in [0.2, 0.25) is 0 Å². The van der Waals surface area contributed by atoms with Crippen LogP contribution in [0.2, 0.25) is 0 Å². The summed E-state index contributed by atoms with van der Waals surface area (Å²) in [6.45, 7) is 2.87. The van der Waals surface area contributed by atoms with Gasteiger partial charge in [0.05, 0.1) is 5.56 Å². The fraction of sp³-hybridized carbons (Fsp3) is 0.385. The van der Waals surface area contributed by atoms with Crippen LogP contribution < -0.4 is 11.1 Å². The van der Waals surface area contributed by atoms with Crippen molar-refractivity contribution in [1.82, 2.24) is 5.32 Å². The Morgan fingerprint density at radius 2 is 2.00 bits per heavy atom. The lowest BCUT2D eigenvalue weighted by atomic mass is 9.95. The van der Waals surface area contributed by atoms with Crippen LogP contribution in [-0.2, 0) is 6.18 Å². The topological polar surface area (TPSA) is 38.0 Å². The molecule has 0 fully saturated rings. The monoisotopic (exact) mass is 256 g/mol. The van der Waals surface area contributed by atoms with Crippen molar-refractivity contribution >= 4 is 11.3 Å². The van der Waals surface area contributed by atoms with Gasteiger partial charge < -0.3 is 11.1 Å². The van der Waals surface area contributed by atoms with Gasteiger partial charge in [0.15, 0.2) is 0 Å². The zero-order valence-electron chi connectivity index (χ0n) is 10.1. The van der Waals surface area contributed by atoms with Crippen LogP contribution >= 0.6 is 0 Å². The third-order valence-electron chi connectivity index (χ3n) is 3.19. The van der Waals surface area contributed by atoms with Crippen molar-refractivity contribution in [3.8, 4) is 0 Å². The number of nitrogens with two attached hydrogens (primary N) is 1. The Labute approximate surface area is 104 Å². The summed E-state index contributed by atoms with van der Waals surface area (Å²) in [6.07, 6.45) is -1.73. The molecule has 0 aromatic heterocycles. The first-order valence-corrected chi connectivity index (χ1v) is 5.77. The van der Waals surface area contributed by atoms with Crippen LogP contribution in [-0.4, -0.2) is 13.1 Å². The highest BCUT2D eigenvalue weighted by Crippen LogP contribution is 2.36. The van der Waals surface area contributed by atoms with E-state index in [9.17, 15) is 13.2 Å². The van der Waals surface area contributed by atoms with Gasteiger partial charge in [-0.15, -0.1) is 0 Å². The average Bonchev–Trinajstić information content (AvgIpc) is 2.32. The van der Waals surface area contributed by atoms with Gasteiger partial charge in [-0.3, -0.25) is 0 Å². The Bertz CT molecular complexity index is 490. The highest BCUT2D eigenvalue weighted by Gasteiger charge is 2.33. The highest BCUT2D eigenvalue weighted by atomic mass is 19.4. The summed E-state index contributed by atoms with van der Waals surface area (Å²) in [5.41, 5.74) is 6.83. The molecule has 0 spiro atoms. The van der Waals surface area contributed by atoms with E-state index in [1.54, 1.807) is 6.07 Å². The molecule has 1 aliphatic rings. The summed E-state index contributed by atoms with van der Waals surface area (Å²) < 4.78 is 38.7. The number of hydrogen-bond donors (Lipinski definition) is 2. The lowest BCUT2D eigenvalue weighted by Gasteiger charge is -2.18. The van der Waals surface area contributed by atoms with Crippen molar-refractivity contribution < 1.29 is 13.2 Å². The molecule has 0 atom stereocenters. The van der Waals surface area contributed by atoms with E-state index < -0.39 is 11.7 Å². The molecule has 1 aromatic carbocycles. The largest absolute Gasteiger partial charge is 0.416 e. The van der Waals surface area contributed by atoms with Gasteiger partial charge in [-0.05, 0) is 48.7 Å². The van der Waals surface area contributed by atoms with Crippen molar-refractivity contribution in [3.05, 3.63) is 34.9 Å². The van der Waals surface area contributed by atoms with E-state index in [0.29, 0.717) is 12.1 Å². The number of anilines is 1. The molecule has 0 saturated heterocycles. The molecule has 18 heavy (non-hydrogen) atoms. The predicted octanol–water partition coefficient (Wildman–Crippen LogP) is 2.97. The molecule has 1 heterocycles. The predicted molar refractivity (Wildman–Crippen MR) is 66.1 cm³/mol. The summed E-state index contributed by atoms with van der Waals surface area (Å²) in [5.74, 6) is 0. The third-order valence-corrected chi connectivity index (χ3v) is 3.19. The lowest BCUT2D eigenvalue weighted by Crippen LogP contribution is -2.20. The number of rotatable bonds is 1. The fourth-order valence-electron chi connectivity index (χ4n) is 2.10. The summed E-state index contributed by atoms with van der Waals surface area (Å²) >= 11 is 0. The zero-order valence-corrected chi connectivity index (χ0v) is 10.1. The van der Waals surface area contributed by atoms with Crippen molar-refractivity contribution in [1.29, 1.82) is 0 Å². The van der Waals surface area contributed by atoms with Crippen LogP contribution in [0.25, 0.3) is 5.57 Å². The van der Waals surface area contributed by atoms with E-state index in [1.165, 1.54) is 13.0 Å². The summed E-state index contributed by atoms with van der Waals surface area (Å²) in [6, 6.07) is 2.82. The first kappa shape index (κ1) is 13.0. The second-order valence-corrected chi connectivity index (χ2v) is 4.42. The number of alkyl halides is 3. The van der Waals surface area contributed by atoms with Crippen LogP contribution in [0.15, 0.2) is 18.2 Å². The normalized spacial score (nSPS) is 16.6. The van der Waals surface area contributed by atoms with Gasteiger partial charge in [-0.1, -0.05) is 6.08 Å². The SMILES string of the molecule is Cc1c(N)cc(C2=CCNCC2)cc1C(F)(F)F. The Morgan fingerprint density at radius 3 is 2.56 bits per heavy atom. The molecule has 2 nitrogen and oxygen atoms in total. The number of hydrogen-bond acceptors (Lipinski definition) is 2. The van der Waals surface area contributed by atoms with E-state index >= 15 is 0 Å². The van der Waals surface area contributed by atoms with E-state index in [2.05, 4.69) is 5.32 Å². The quantitative estimate of drug-likeness (QED) is 0.758. The Morgan fingerprint density at radius 1 is 1.28 bits per heavy atom. The molecule has 0 unspecified atom stereocenters. The number of nitrogen functional groups attached to an aromatic ring is 1. The minimum absolute atomic E-state index is 0.0979. The number of benzene rings is 1. The molecule has 0 amide bonds. The molecular formula is C13H15F3N2. The maximum atomic E-state index is 12.9. The molecule has 0 bridgehead atoms. The average molecular weight is 256 g/mol. The molecule has 5 heteroatoms. The third kappa shape index (κ3) is 2.51. The number of nitrogens with one attached hydrogen (secondary N) is 1. The van der Waals surface area contributed by atoms with Gasteiger partial charge in [0.1, 0.15) is 0 Å². The molecule has 98 valence electrons. The van der Waals surface area contributed by atoms with Gasteiger partial charge in [0.25, 0.3) is 0 Å². The molecular weight excluding hydrogens is 241 g/mol. The van der Waals surface area contributed by atoms with Crippen molar-refractivity contribution in [2.24, 2.45) is 0 Å². The summed E-state index contributed by atoms with van der Waals surface area (Å²) in [7, 11) is 0. The van der Waals surface area contributed by atoms with Crippen molar-refractivity contribution in [2.75, 3.05) is 18.8 Å². The number of halogens is 3. The molecule has 1 aromatic rings. The van der Waals surface area contributed by atoms with Gasteiger partial charge in [-0.2, -0.15) is 13.2 Å². The second-order valence-electron chi connectivity index (χ2n) is 4.42. The van der Waals surface area contributed by atoms with Crippen LogP contribution in [0.3, 0.4) is 0 Å². The van der Waals surface area contributed by atoms with Crippen molar-refractivity contribution in [3.63, 3.8) is 0 Å². The molecule has 0 aliphatic carbocycles. The van der Waals surface area contributed by atoms with Gasteiger partial charge in [-0.25, -0.2) is 0 Å². The minimum atomic E-state index is -4.36. The maximum Gasteiger partial charge on any atom is 0.416 e. The van der Waals surface area contributed by atoms with Crippen LogP contribution in [0.4, 0.5) is 18.9 Å². The maximum absolute atomic E-state index is 12.9. The van der Waals surface area contributed by atoms with E-state index in [4.69, 9.17) is 5.73 Å². The van der Waals surface area contributed by atoms with E-state index in [1.807, 2.05) is 6.08 Å². The Balaban J connectivity index is 2.50.